The molecule has 0 heterocycles. The first-order chi connectivity index (χ1) is 8.97. The number of benzene rings is 1. The monoisotopic (exact) mass is 283 g/mol. The van der Waals surface area contributed by atoms with Crippen LogP contribution >= 0.6 is 12.0 Å². The van der Waals surface area contributed by atoms with E-state index in [-0.39, 0.29) is 0 Å². The molecule has 5 nitrogen and oxygen atoms in total. The quantitative estimate of drug-likeness (QED) is 0.473. The van der Waals surface area contributed by atoms with Crippen molar-refractivity contribution in [2.45, 2.75) is 19.4 Å². The predicted octanol–water partition coefficient (Wildman–Crippen LogP) is 2.57. The molecule has 1 rings (SSSR count). The summed E-state index contributed by atoms with van der Waals surface area (Å²) in [5, 5.41) is 12.5. The molecule has 1 N–H and O–H groups in total. The lowest BCUT2D eigenvalue weighted by Crippen LogP contribution is -2.34. The molecule has 0 aromatic heterocycles. The van der Waals surface area contributed by atoms with Gasteiger partial charge in [0.15, 0.2) is 0 Å². The number of hydrogen-bond acceptors (Lipinski definition) is 5. The Bertz CT molecular complexity index is 445. The average molecular weight is 283 g/mol. The molecule has 0 bridgehead atoms. The van der Waals surface area contributed by atoms with Crippen molar-refractivity contribution in [1.29, 1.82) is 0 Å². The Balaban J connectivity index is 3.01. The lowest BCUT2D eigenvalue weighted by atomic mass is 9.96. The van der Waals surface area contributed by atoms with Crippen LogP contribution in [-0.2, 0) is 13.8 Å². The Morgan fingerprint density at radius 2 is 2.00 bits per heavy atom. The number of carboxylic acid groups (broad SMARTS) is 1. The molecule has 0 saturated carbocycles. The smallest absolute Gasteiger partial charge is 0.344 e. The molecule has 0 radical (unpaired) electrons. The van der Waals surface area contributed by atoms with Crippen molar-refractivity contribution in [3.05, 3.63) is 35.9 Å². The van der Waals surface area contributed by atoms with Gasteiger partial charge in [-0.3, -0.25) is 0 Å². The highest BCUT2D eigenvalue weighted by Crippen LogP contribution is 2.22. The van der Waals surface area contributed by atoms with Gasteiger partial charge in [0, 0.05) is 11.8 Å². The normalized spacial score (nSPS) is 12.3. The average Bonchev–Trinajstić information content (AvgIpc) is 2.35. The van der Waals surface area contributed by atoms with E-state index in [1.807, 2.05) is 50.4 Å². The van der Waals surface area contributed by atoms with Crippen LogP contribution in [0, 0.1) is 0 Å². The van der Waals surface area contributed by atoms with E-state index in [9.17, 15) is 4.79 Å². The van der Waals surface area contributed by atoms with Crippen molar-refractivity contribution in [3.8, 4) is 0 Å². The summed E-state index contributed by atoms with van der Waals surface area (Å²) in [6, 6.07) is 9.37. The largest absolute Gasteiger partial charge is 0.479 e. The summed E-state index contributed by atoms with van der Waals surface area (Å²) < 4.78 is 5.56. The molecule has 0 unspecified atom stereocenters. The van der Waals surface area contributed by atoms with Gasteiger partial charge in [-0.25, -0.2) is 4.79 Å². The van der Waals surface area contributed by atoms with Crippen molar-refractivity contribution in [2.75, 3.05) is 12.9 Å². The van der Waals surface area contributed by atoms with Crippen LogP contribution in [0.3, 0.4) is 0 Å². The molecule has 0 saturated heterocycles. The number of rotatable bonds is 7. The molecule has 0 aliphatic carbocycles. The molecule has 0 aliphatic heterocycles. The van der Waals surface area contributed by atoms with Crippen molar-refractivity contribution in [2.24, 2.45) is 5.16 Å². The van der Waals surface area contributed by atoms with E-state index in [4.69, 9.17) is 14.1 Å². The maximum Gasteiger partial charge on any atom is 0.344 e. The number of aliphatic carboxylic acids is 1. The van der Waals surface area contributed by atoms with E-state index < -0.39 is 18.2 Å². The number of carboxylic acids is 1. The minimum atomic E-state index is -1.07. The molecular formula is C13H17NO4S. The lowest BCUT2D eigenvalue weighted by molar-refractivity contribution is -0.142. The van der Waals surface area contributed by atoms with E-state index in [0.717, 1.165) is 5.56 Å². The fourth-order valence-corrected chi connectivity index (χ4v) is 2.00. The topological polar surface area (TPSA) is 68.1 Å². The Hall–Kier alpha value is -1.53. The molecule has 0 fully saturated rings. The molecule has 0 atom stereocenters. The molecule has 0 aliphatic rings. The summed E-state index contributed by atoms with van der Waals surface area (Å²) >= 11 is 1.22. The highest BCUT2D eigenvalue weighted by Gasteiger charge is 2.28. The van der Waals surface area contributed by atoms with Crippen LogP contribution in [0.15, 0.2) is 35.5 Å². The number of hydrogen-bond donors (Lipinski definition) is 1. The van der Waals surface area contributed by atoms with Gasteiger partial charge in [0.05, 0.1) is 0 Å². The van der Waals surface area contributed by atoms with Crippen LogP contribution in [0.1, 0.15) is 19.4 Å². The third-order valence-electron chi connectivity index (χ3n) is 2.25. The summed E-state index contributed by atoms with van der Waals surface area (Å²) in [5.41, 5.74) is 0.676. The second kappa shape index (κ2) is 7.16. The Morgan fingerprint density at radius 3 is 2.53 bits per heavy atom. The van der Waals surface area contributed by atoms with E-state index in [2.05, 4.69) is 5.16 Å². The van der Waals surface area contributed by atoms with Gasteiger partial charge >= 0.3 is 5.97 Å². The highest BCUT2D eigenvalue weighted by atomic mass is 32.2. The van der Waals surface area contributed by atoms with Gasteiger partial charge in [0.25, 0.3) is 0 Å². The molecule has 0 spiro atoms. The Kier molecular flexibility index (Phi) is 5.85. The van der Waals surface area contributed by atoms with Gasteiger partial charge in [0.1, 0.15) is 11.3 Å². The van der Waals surface area contributed by atoms with Gasteiger partial charge in [-0.1, -0.05) is 35.5 Å². The molecule has 19 heavy (non-hydrogen) atoms. The summed E-state index contributed by atoms with van der Waals surface area (Å²) in [6.07, 6.45) is 1.81. The summed E-state index contributed by atoms with van der Waals surface area (Å²) in [6.45, 7) is 3.21. The van der Waals surface area contributed by atoms with Gasteiger partial charge in [-0.15, -0.1) is 0 Å². The van der Waals surface area contributed by atoms with Crippen LogP contribution < -0.4 is 0 Å². The molecular weight excluding hydrogens is 266 g/mol. The second-order valence-corrected chi connectivity index (χ2v) is 4.73. The second-order valence-electron chi connectivity index (χ2n) is 4.23. The van der Waals surface area contributed by atoms with Gasteiger partial charge in [0.2, 0.25) is 6.61 Å². The van der Waals surface area contributed by atoms with Crippen molar-refractivity contribution in [3.63, 3.8) is 0 Å². The standard InChI is InChI=1S/C13H17NO4S/c1-13(2,18-19-3)12(14-17-9-11(15)16)10-7-5-4-6-8-10/h4-8H,9H2,1-3H3,(H,15,16)/b14-12+. The molecule has 1 aromatic carbocycles. The molecule has 1 aromatic rings. The zero-order valence-corrected chi connectivity index (χ0v) is 11.9. The van der Waals surface area contributed by atoms with Crippen LogP contribution in [0.2, 0.25) is 0 Å². The molecule has 104 valence electrons. The van der Waals surface area contributed by atoms with Crippen LogP contribution in [0.4, 0.5) is 0 Å². The minimum Gasteiger partial charge on any atom is -0.479 e. The lowest BCUT2D eigenvalue weighted by Gasteiger charge is -2.24. The van der Waals surface area contributed by atoms with Gasteiger partial charge < -0.3 is 14.1 Å². The Morgan fingerprint density at radius 1 is 1.37 bits per heavy atom. The maximum absolute atomic E-state index is 10.5. The molecule has 6 heteroatoms. The van der Waals surface area contributed by atoms with E-state index in [1.54, 1.807) is 0 Å². The fourth-order valence-electron chi connectivity index (χ4n) is 1.51. The van der Waals surface area contributed by atoms with E-state index in [0.29, 0.717) is 5.71 Å². The SMILES string of the molecule is CSOC(C)(C)/C(=N/OCC(=O)O)c1ccccc1. The summed E-state index contributed by atoms with van der Waals surface area (Å²) in [5.74, 6) is -1.07. The van der Waals surface area contributed by atoms with Gasteiger partial charge in [-0.2, -0.15) is 0 Å². The zero-order valence-electron chi connectivity index (χ0n) is 11.1. The highest BCUT2D eigenvalue weighted by molar-refractivity contribution is 7.94. The molecule has 0 amide bonds. The number of nitrogens with zero attached hydrogens (tertiary/aromatic N) is 1. The first kappa shape index (κ1) is 15.5. The zero-order chi connectivity index (χ0) is 14.3. The third kappa shape index (κ3) is 4.92. The Labute approximate surface area is 116 Å². The van der Waals surface area contributed by atoms with Crippen LogP contribution in [0.25, 0.3) is 0 Å². The van der Waals surface area contributed by atoms with E-state index >= 15 is 0 Å². The first-order valence-electron chi connectivity index (χ1n) is 5.67. The number of carbonyl (C=O) groups is 1. The maximum atomic E-state index is 10.5. The minimum absolute atomic E-state index is 0.480. The van der Waals surface area contributed by atoms with Gasteiger partial charge in [-0.05, 0) is 25.9 Å². The fraction of sp³-hybridized carbons (Fsp3) is 0.385. The van der Waals surface area contributed by atoms with Crippen LogP contribution in [0.5, 0.6) is 0 Å². The predicted molar refractivity (Wildman–Crippen MR) is 75.2 cm³/mol. The first-order valence-corrected chi connectivity index (χ1v) is 6.82. The van der Waals surface area contributed by atoms with Crippen molar-refractivity contribution in [1.82, 2.24) is 0 Å². The summed E-state index contributed by atoms with van der Waals surface area (Å²) in [7, 11) is 0. The summed E-state index contributed by atoms with van der Waals surface area (Å²) in [4.78, 5) is 15.3. The van der Waals surface area contributed by atoms with Crippen molar-refractivity contribution >= 4 is 23.7 Å². The van der Waals surface area contributed by atoms with Crippen molar-refractivity contribution < 1.29 is 18.9 Å². The van der Waals surface area contributed by atoms with Crippen LogP contribution in [-0.4, -0.2) is 35.3 Å². The van der Waals surface area contributed by atoms with E-state index in [1.165, 1.54) is 12.0 Å². The third-order valence-corrected chi connectivity index (χ3v) is 2.84. The number of oxime groups is 1.